The highest BCUT2D eigenvalue weighted by molar-refractivity contribution is 7.17. The molecule has 2 N–H and O–H groups in total. The predicted octanol–water partition coefficient (Wildman–Crippen LogP) is 3.01. The molecule has 0 unspecified atom stereocenters. The fourth-order valence-electron chi connectivity index (χ4n) is 2.38. The van der Waals surface area contributed by atoms with Gasteiger partial charge in [0.2, 0.25) is 0 Å². The number of anilines is 1. The van der Waals surface area contributed by atoms with Crippen molar-refractivity contribution in [2.24, 2.45) is 7.05 Å². The molecule has 0 fully saturated rings. The normalized spacial score (nSPS) is 10.9. The summed E-state index contributed by atoms with van der Waals surface area (Å²) in [6.07, 6.45) is 0. The Morgan fingerprint density at radius 3 is 2.61 bits per heavy atom. The van der Waals surface area contributed by atoms with E-state index in [1.54, 1.807) is 14.0 Å². The van der Waals surface area contributed by atoms with Crippen molar-refractivity contribution in [3.8, 4) is 5.75 Å². The van der Waals surface area contributed by atoms with E-state index in [9.17, 15) is 19.1 Å². The molecule has 1 amide bonds. The molecule has 0 radical (unpaired) electrons. The van der Waals surface area contributed by atoms with Crippen LogP contribution in [0.2, 0.25) is 0 Å². The van der Waals surface area contributed by atoms with E-state index in [2.05, 4.69) is 5.32 Å². The number of pyridine rings is 1. The van der Waals surface area contributed by atoms with Crippen LogP contribution in [0.5, 0.6) is 5.75 Å². The van der Waals surface area contributed by atoms with Crippen LogP contribution in [-0.2, 0) is 7.05 Å². The van der Waals surface area contributed by atoms with Gasteiger partial charge in [0.15, 0.2) is 0 Å². The summed E-state index contributed by atoms with van der Waals surface area (Å²) in [4.78, 5) is 25.4. The molecule has 0 aliphatic rings. The topological polar surface area (TPSA) is 71.3 Å². The third kappa shape index (κ3) is 2.49. The van der Waals surface area contributed by atoms with Crippen LogP contribution in [0.4, 0.5) is 10.1 Å². The minimum Gasteiger partial charge on any atom is -0.506 e. The highest BCUT2D eigenvalue weighted by Crippen LogP contribution is 2.33. The molecule has 5 nitrogen and oxygen atoms in total. The van der Waals surface area contributed by atoms with Crippen molar-refractivity contribution >= 4 is 33.1 Å². The molecule has 1 aromatic carbocycles. The molecule has 0 aliphatic heterocycles. The second-order valence-electron chi connectivity index (χ2n) is 5.15. The number of nitrogens with one attached hydrogen (secondary N) is 1. The Morgan fingerprint density at radius 2 is 1.96 bits per heavy atom. The van der Waals surface area contributed by atoms with Gasteiger partial charge in [-0.05, 0) is 42.1 Å². The number of aryl methyl sites for hydroxylation is 2. The largest absolute Gasteiger partial charge is 0.506 e. The average Bonchev–Trinajstić information content (AvgIpc) is 2.90. The van der Waals surface area contributed by atoms with Crippen molar-refractivity contribution in [2.45, 2.75) is 6.92 Å². The summed E-state index contributed by atoms with van der Waals surface area (Å²) in [5, 5.41) is 15.2. The van der Waals surface area contributed by atoms with Gasteiger partial charge in [0, 0.05) is 12.7 Å². The van der Waals surface area contributed by atoms with Gasteiger partial charge in [-0.2, -0.15) is 0 Å². The lowest BCUT2D eigenvalue weighted by atomic mass is 10.1. The van der Waals surface area contributed by atoms with Crippen molar-refractivity contribution in [1.82, 2.24) is 4.57 Å². The molecule has 23 heavy (non-hydrogen) atoms. The smallest absolute Gasteiger partial charge is 0.268 e. The molecule has 0 atom stereocenters. The number of thiophene rings is 1. The molecule has 0 saturated heterocycles. The van der Waals surface area contributed by atoms with Gasteiger partial charge < -0.3 is 15.0 Å². The van der Waals surface area contributed by atoms with E-state index in [1.165, 1.54) is 40.2 Å². The average molecular weight is 332 g/mol. The van der Waals surface area contributed by atoms with Gasteiger partial charge in [0.1, 0.15) is 22.0 Å². The highest BCUT2D eigenvalue weighted by atomic mass is 32.1. The van der Waals surface area contributed by atoms with Crippen molar-refractivity contribution in [2.75, 3.05) is 5.32 Å². The summed E-state index contributed by atoms with van der Waals surface area (Å²) in [6, 6.07) is 5.14. The number of benzene rings is 1. The van der Waals surface area contributed by atoms with Crippen molar-refractivity contribution in [1.29, 1.82) is 0 Å². The third-order valence-corrected chi connectivity index (χ3v) is 4.75. The quantitative estimate of drug-likeness (QED) is 0.758. The standard InChI is InChI=1S/C16H13FN2O3S/c1-8-7-23-16-11(8)13(20)12(15(22)19(16)2)14(21)18-10-5-3-9(17)4-6-10/h3-7,20H,1-2H3,(H,18,21). The first-order chi connectivity index (χ1) is 10.9. The third-order valence-electron chi connectivity index (χ3n) is 3.58. The number of hydrogen-bond acceptors (Lipinski definition) is 4. The highest BCUT2D eigenvalue weighted by Gasteiger charge is 2.23. The maximum Gasteiger partial charge on any atom is 0.268 e. The lowest BCUT2D eigenvalue weighted by Gasteiger charge is -2.10. The molecule has 0 spiro atoms. The molecular weight excluding hydrogens is 319 g/mol. The van der Waals surface area contributed by atoms with Gasteiger partial charge in [0.05, 0.1) is 5.39 Å². The van der Waals surface area contributed by atoms with Crippen molar-refractivity contribution in [3.63, 3.8) is 0 Å². The Kier molecular flexibility index (Phi) is 3.65. The minimum atomic E-state index is -0.734. The maximum absolute atomic E-state index is 12.9. The van der Waals surface area contributed by atoms with Crippen LogP contribution in [0, 0.1) is 12.7 Å². The molecule has 118 valence electrons. The number of hydrogen-bond donors (Lipinski definition) is 2. The van der Waals surface area contributed by atoms with E-state index in [4.69, 9.17) is 0 Å². The van der Waals surface area contributed by atoms with E-state index in [1.807, 2.05) is 5.38 Å². The van der Waals surface area contributed by atoms with E-state index >= 15 is 0 Å². The first-order valence-electron chi connectivity index (χ1n) is 6.77. The van der Waals surface area contributed by atoms with Gasteiger partial charge in [-0.15, -0.1) is 11.3 Å². The Hall–Kier alpha value is -2.67. The number of rotatable bonds is 2. The number of amides is 1. The molecule has 0 aliphatic carbocycles. The second-order valence-corrected chi connectivity index (χ2v) is 6.01. The first kappa shape index (κ1) is 15.2. The first-order valence-corrected chi connectivity index (χ1v) is 7.64. The zero-order chi connectivity index (χ0) is 16.7. The molecule has 0 bridgehead atoms. The maximum atomic E-state index is 12.9. The van der Waals surface area contributed by atoms with Gasteiger partial charge in [-0.25, -0.2) is 4.39 Å². The van der Waals surface area contributed by atoms with Crippen LogP contribution in [-0.4, -0.2) is 15.6 Å². The van der Waals surface area contributed by atoms with E-state index in [0.29, 0.717) is 15.9 Å². The summed E-state index contributed by atoms with van der Waals surface area (Å²) < 4.78 is 14.2. The molecule has 3 aromatic rings. The Balaban J connectivity index is 2.12. The van der Waals surface area contributed by atoms with Crippen LogP contribution in [0.15, 0.2) is 34.4 Å². The monoisotopic (exact) mass is 332 g/mol. The van der Waals surface area contributed by atoms with Gasteiger partial charge in [0.25, 0.3) is 11.5 Å². The number of aromatic nitrogens is 1. The zero-order valence-electron chi connectivity index (χ0n) is 12.4. The number of fused-ring (bicyclic) bond motifs is 1. The number of nitrogens with zero attached hydrogens (tertiary/aromatic N) is 1. The molecule has 3 rings (SSSR count). The SMILES string of the molecule is Cc1csc2c1c(O)c(C(=O)Nc1ccc(F)cc1)c(=O)n2C. The van der Waals surface area contributed by atoms with E-state index in [0.717, 1.165) is 5.56 Å². The number of halogens is 1. The summed E-state index contributed by atoms with van der Waals surface area (Å²) in [7, 11) is 1.55. The second kappa shape index (κ2) is 5.51. The van der Waals surface area contributed by atoms with Crippen molar-refractivity contribution < 1.29 is 14.3 Å². The predicted molar refractivity (Wildman–Crippen MR) is 87.8 cm³/mol. The number of aromatic hydroxyl groups is 1. The summed E-state index contributed by atoms with van der Waals surface area (Å²) in [5.74, 6) is -1.50. The molecular formula is C16H13FN2O3S. The van der Waals surface area contributed by atoms with E-state index < -0.39 is 17.3 Å². The minimum absolute atomic E-state index is 0.328. The Morgan fingerprint density at radius 1 is 1.30 bits per heavy atom. The summed E-state index contributed by atoms with van der Waals surface area (Å²) >= 11 is 1.32. The number of carbonyl (C=O) groups is 1. The van der Waals surface area contributed by atoms with Crippen molar-refractivity contribution in [3.05, 3.63) is 56.9 Å². The van der Waals surface area contributed by atoms with Gasteiger partial charge in [-0.3, -0.25) is 9.59 Å². The fraction of sp³-hybridized carbons (Fsp3) is 0.125. The molecule has 7 heteroatoms. The van der Waals surface area contributed by atoms with Crippen LogP contribution in [0.25, 0.3) is 10.2 Å². The lowest BCUT2D eigenvalue weighted by molar-refractivity contribution is 0.102. The molecule has 2 aromatic heterocycles. The van der Waals surface area contributed by atoms with Crippen LogP contribution in [0.3, 0.4) is 0 Å². The zero-order valence-corrected chi connectivity index (χ0v) is 13.2. The summed E-state index contributed by atoms with van der Waals surface area (Å²) in [5.41, 5.74) is 0.205. The summed E-state index contributed by atoms with van der Waals surface area (Å²) in [6.45, 7) is 1.80. The van der Waals surface area contributed by atoms with Crippen LogP contribution < -0.4 is 10.9 Å². The molecule has 2 heterocycles. The van der Waals surface area contributed by atoms with Crippen LogP contribution in [0.1, 0.15) is 15.9 Å². The Labute approximate surface area is 134 Å². The number of carbonyl (C=O) groups excluding carboxylic acids is 1. The van der Waals surface area contributed by atoms with Crippen LogP contribution >= 0.6 is 11.3 Å². The fourth-order valence-corrected chi connectivity index (χ4v) is 3.41. The van der Waals surface area contributed by atoms with E-state index in [-0.39, 0.29) is 11.3 Å². The Bertz CT molecular complexity index is 974. The van der Waals surface area contributed by atoms with Gasteiger partial charge >= 0.3 is 0 Å². The molecule has 0 saturated carbocycles. The van der Waals surface area contributed by atoms with Gasteiger partial charge in [-0.1, -0.05) is 0 Å². The lowest BCUT2D eigenvalue weighted by Crippen LogP contribution is -2.27.